The monoisotopic (exact) mass is 258 g/mol. The Hall–Kier alpha value is -2.70. The molecule has 0 atom stereocenters. The molecule has 0 fully saturated rings. The third kappa shape index (κ3) is 2.95. The van der Waals surface area contributed by atoms with Crippen molar-refractivity contribution in [3.8, 4) is 0 Å². The Labute approximate surface area is 110 Å². The largest absolute Gasteiger partial charge is 0.382 e. The highest BCUT2D eigenvalue weighted by Gasteiger charge is 2.12. The van der Waals surface area contributed by atoms with Crippen molar-refractivity contribution in [2.75, 3.05) is 11.1 Å². The van der Waals surface area contributed by atoms with Crippen molar-refractivity contribution in [1.82, 2.24) is 15.2 Å². The maximum atomic E-state index is 11.3. The second kappa shape index (κ2) is 4.89. The SMILES string of the molecule is Cc1cc(C)nc(Nc2cc(N)nnc2C(N)=O)c1. The second-order valence-electron chi connectivity index (χ2n) is 4.19. The van der Waals surface area contributed by atoms with E-state index in [1.54, 1.807) is 0 Å². The second-order valence-corrected chi connectivity index (χ2v) is 4.19. The van der Waals surface area contributed by atoms with Crippen LogP contribution in [0.1, 0.15) is 21.7 Å². The standard InChI is InChI=1S/C12H14N6O/c1-6-3-7(2)15-10(4-6)16-8-5-9(13)17-18-11(8)12(14)19/h3-5H,1-2H3,(H2,14,19)(H3,13,15,16,17). The van der Waals surface area contributed by atoms with Crippen LogP contribution >= 0.6 is 0 Å². The van der Waals surface area contributed by atoms with Crippen LogP contribution in [0.4, 0.5) is 17.3 Å². The van der Waals surface area contributed by atoms with Crippen molar-refractivity contribution in [3.05, 3.63) is 35.2 Å². The maximum absolute atomic E-state index is 11.3. The lowest BCUT2D eigenvalue weighted by Crippen LogP contribution is -2.17. The van der Waals surface area contributed by atoms with Crippen LogP contribution in [0, 0.1) is 13.8 Å². The summed E-state index contributed by atoms with van der Waals surface area (Å²) >= 11 is 0. The first kappa shape index (κ1) is 12.7. The Balaban J connectivity index is 2.42. The number of nitrogen functional groups attached to an aromatic ring is 1. The molecule has 0 aromatic carbocycles. The van der Waals surface area contributed by atoms with Crippen molar-refractivity contribution < 1.29 is 4.79 Å². The van der Waals surface area contributed by atoms with Gasteiger partial charge in [-0.25, -0.2) is 4.98 Å². The highest BCUT2D eigenvalue weighted by molar-refractivity contribution is 5.97. The van der Waals surface area contributed by atoms with Crippen LogP contribution < -0.4 is 16.8 Å². The molecule has 2 aromatic heterocycles. The van der Waals surface area contributed by atoms with E-state index in [1.807, 2.05) is 26.0 Å². The van der Waals surface area contributed by atoms with E-state index >= 15 is 0 Å². The minimum Gasteiger partial charge on any atom is -0.382 e. The number of nitrogens with one attached hydrogen (secondary N) is 1. The van der Waals surface area contributed by atoms with Crippen molar-refractivity contribution >= 4 is 23.2 Å². The molecular weight excluding hydrogens is 244 g/mol. The van der Waals surface area contributed by atoms with Gasteiger partial charge in [-0.05, 0) is 31.5 Å². The highest BCUT2D eigenvalue weighted by Crippen LogP contribution is 2.20. The summed E-state index contributed by atoms with van der Waals surface area (Å²) in [4.78, 5) is 15.6. The summed E-state index contributed by atoms with van der Waals surface area (Å²) in [5.41, 5.74) is 13.1. The molecule has 7 nitrogen and oxygen atoms in total. The zero-order chi connectivity index (χ0) is 14.0. The van der Waals surface area contributed by atoms with E-state index in [1.165, 1.54) is 6.07 Å². The molecule has 1 amide bonds. The molecule has 98 valence electrons. The van der Waals surface area contributed by atoms with Crippen LogP contribution in [0.3, 0.4) is 0 Å². The number of carbonyl (C=O) groups excluding carboxylic acids is 1. The number of aromatic nitrogens is 3. The molecule has 19 heavy (non-hydrogen) atoms. The summed E-state index contributed by atoms with van der Waals surface area (Å²) in [7, 11) is 0. The van der Waals surface area contributed by atoms with E-state index in [0.29, 0.717) is 11.5 Å². The fraction of sp³-hybridized carbons (Fsp3) is 0.167. The van der Waals surface area contributed by atoms with Gasteiger partial charge in [0.15, 0.2) is 5.69 Å². The zero-order valence-electron chi connectivity index (χ0n) is 10.6. The van der Waals surface area contributed by atoms with E-state index in [0.717, 1.165) is 11.3 Å². The van der Waals surface area contributed by atoms with Gasteiger partial charge in [0.25, 0.3) is 5.91 Å². The van der Waals surface area contributed by atoms with E-state index in [4.69, 9.17) is 11.5 Å². The number of hydrogen-bond donors (Lipinski definition) is 3. The highest BCUT2D eigenvalue weighted by atomic mass is 16.1. The lowest BCUT2D eigenvalue weighted by Gasteiger charge is -2.10. The van der Waals surface area contributed by atoms with Crippen LogP contribution in [0.25, 0.3) is 0 Å². The van der Waals surface area contributed by atoms with Crippen molar-refractivity contribution in [2.24, 2.45) is 5.73 Å². The van der Waals surface area contributed by atoms with Gasteiger partial charge in [0, 0.05) is 11.8 Å². The fourth-order valence-electron chi connectivity index (χ4n) is 1.73. The van der Waals surface area contributed by atoms with E-state index < -0.39 is 5.91 Å². The number of hydrogen-bond acceptors (Lipinski definition) is 6. The Bertz CT molecular complexity index is 620. The number of aryl methyl sites for hydroxylation is 2. The van der Waals surface area contributed by atoms with Crippen LogP contribution in [0.15, 0.2) is 18.2 Å². The first-order valence-corrected chi connectivity index (χ1v) is 5.61. The molecule has 2 heterocycles. The molecule has 2 rings (SSSR count). The number of primary amides is 1. The first-order chi connectivity index (χ1) is 8.95. The predicted octanol–water partition coefficient (Wildman–Crippen LogP) is 0.913. The summed E-state index contributed by atoms with van der Waals surface area (Å²) < 4.78 is 0. The molecule has 0 unspecified atom stereocenters. The number of carbonyl (C=O) groups is 1. The summed E-state index contributed by atoms with van der Waals surface area (Å²) in [6.45, 7) is 3.83. The van der Waals surface area contributed by atoms with Crippen molar-refractivity contribution in [1.29, 1.82) is 0 Å². The summed E-state index contributed by atoms with van der Waals surface area (Å²) in [5.74, 6) is 0.101. The molecule has 0 spiro atoms. The van der Waals surface area contributed by atoms with Gasteiger partial charge in [-0.15, -0.1) is 10.2 Å². The van der Waals surface area contributed by atoms with Gasteiger partial charge in [0.05, 0.1) is 5.69 Å². The molecule has 7 heteroatoms. The number of amides is 1. The maximum Gasteiger partial charge on any atom is 0.271 e. The number of rotatable bonds is 3. The third-order valence-corrected chi connectivity index (χ3v) is 2.41. The average Bonchev–Trinajstić information content (AvgIpc) is 2.26. The summed E-state index contributed by atoms with van der Waals surface area (Å²) in [6.07, 6.45) is 0. The molecule has 0 bridgehead atoms. The zero-order valence-corrected chi connectivity index (χ0v) is 10.6. The van der Waals surface area contributed by atoms with Gasteiger partial charge in [-0.1, -0.05) is 0 Å². The van der Waals surface area contributed by atoms with Crippen LogP contribution in [0.5, 0.6) is 0 Å². The molecule has 0 aliphatic carbocycles. The first-order valence-electron chi connectivity index (χ1n) is 5.61. The number of pyridine rings is 1. The Morgan fingerprint density at radius 2 is 1.95 bits per heavy atom. The smallest absolute Gasteiger partial charge is 0.271 e. The number of nitrogens with two attached hydrogens (primary N) is 2. The Morgan fingerprint density at radius 3 is 2.58 bits per heavy atom. The van der Waals surface area contributed by atoms with Gasteiger partial charge in [0.2, 0.25) is 0 Å². The molecule has 0 aliphatic rings. The van der Waals surface area contributed by atoms with Gasteiger partial charge in [-0.2, -0.15) is 0 Å². The van der Waals surface area contributed by atoms with Gasteiger partial charge >= 0.3 is 0 Å². The number of anilines is 3. The van der Waals surface area contributed by atoms with E-state index in [-0.39, 0.29) is 11.5 Å². The summed E-state index contributed by atoms with van der Waals surface area (Å²) in [6, 6.07) is 5.28. The average molecular weight is 258 g/mol. The molecular formula is C12H14N6O. The molecule has 0 aliphatic heterocycles. The molecule has 5 N–H and O–H groups in total. The van der Waals surface area contributed by atoms with Crippen LogP contribution in [0.2, 0.25) is 0 Å². The molecule has 2 aromatic rings. The molecule has 0 saturated heterocycles. The van der Waals surface area contributed by atoms with E-state index in [9.17, 15) is 4.79 Å². The van der Waals surface area contributed by atoms with Gasteiger partial charge in [-0.3, -0.25) is 4.79 Å². The van der Waals surface area contributed by atoms with Gasteiger partial charge < -0.3 is 16.8 Å². The minimum atomic E-state index is -0.681. The minimum absolute atomic E-state index is 0.0233. The van der Waals surface area contributed by atoms with Gasteiger partial charge in [0.1, 0.15) is 11.6 Å². The predicted molar refractivity (Wildman–Crippen MR) is 72.0 cm³/mol. The number of nitrogens with zero attached hydrogens (tertiary/aromatic N) is 3. The van der Waals surface area contributed by atoms with Crippen LogP contribution in [-0.2, 0) is 0 Å². The van der Waals surface area contributed by atoms with Crippen molar-refractivity contribution in [3.63, 3.8) is 0 Å². The normalized spacial score (nSPS) is 10.2. The lowest BCUT2D eigenvalue weighted by molar-refractivity contribution is 0.0995. The molecule has 0 saturated carbocycles. The van der Waals surface area contributed by atoms with Crippen LogP contribution in [-0.4, -0.2) is 21.1 Å². The Kier molecular flexibility index (Phi) is 3.28. The Morgan fingerprint density at radius 1 is 1.21 bits per heavy atom. The summed E-state index contributed by atoms with van der Waals surface area (Å²) in [5, 5.41) is 10.3. The topological polar surface area (TPSA) is 120 Å². The fourth-order valence-corrected chi connectivity index (χ4v) is 1.73. The quantitative estimate of drug-likeness (QED) is 0.752. The third-order valence-electron chi connectivity index (χ3n) is 2.41. The van der Waals surface area contributed by atoms with Crippen molar-refractivity contribution in [2.45, 2.75) is 13.8 Å². The molecule has 0 radical (unpaired) electrons. The van der Waals surface area contributed by atoms with E-state index in [2.05, 4.69) is 20.5 Å². The lowest BCUT2D eigenvalue weighted by atomic mass is 10.2.